The molecular formula is C27H39N4O17P3. The number of phosphoric acid groups is 3. The molecule has 9 N–H and O–H groups in total. The number of benzene rings is 1. The van der Waals surface area contributed by atoms with Gasteiger partial charge in [0.05, 0.1) is 18.3 Å². The van der Waals surface area contributed by atoms with Gasteiger partial charge in [-0.15, -0.1) is 0 Å². The predicted molar refractivity (Wildman–Crippen MR) is 176 cm³/mol. The summed E-state index contributed by atoms with van der Waals surface area (Å²) < 4.78 is 52.2. The molecule has 1 aliphatic heterocycles. The zero-order chi connectivity index (χ0) is 37.8. The van der Waals surface area contributed by atoms with Crippen LogP contribution in [0.4, 0.5) is 0 Å². The first-order chi connectivity index (χ1) is 23.8. The third kappa shape index (κ3) is 15.2. The minimum absolute atomic E-state index is 0.140. The lowest BCUT2D eigenvalue weighted by Gasteiger charge is -2.19. The number of H-pyrrole nitrogens is 1. The van der Waals surface area contributed by atoms with E-state index in [0.29, 0.717) is 25.9 Å². The number of carboxylic acids is 1. The molecule has 284 valence electrons. The summed E-state index contributed by atoms with van der Waals surface area (Å²) in [5.74, 6) is -1.46. The molecule has 24 heteroatoms. The molecule has 6 atom stereocenters. The molecule has 2 unspecified atom stereocenters. The van der Waals surface area contributed by atoms with Gasteiger partial charge in [0.1, 0.15) is 18.4 Å². The Morgan fingerprint density at radius 1 is 1.00 bits per heavy atom. The number of hydrogen-bond acceptors (Lipinski definition) is 13. The maximum atomic E-state index is 12.5. The molecule has 0 spiro atoms. The van der Waals surface area contributed by atoms with Crippen molar-refractivity contribution in [1.29, 1.82) is 0 Å². The van der Waals surface area contributed by atoms with Gasteiger partial charge in [0.2, 0.25) is 5.91 Å². The summed E-state index contributed by atoms with van der Waals surface area (Å²) in [6, 6.07) is 8.60. The number of aliphatic hydroxyl groups excluding tert-OH is 1. The van der Waals surface area contributed by atoms with Crippen molar-refractivity contribution in [2.45, 2.75) is 63.0 Å². The maximum absolute atomic E-state index is 12.5. The molecule has 0 bridgehead atoms. The van der Waals surface area contributed by atoms with Gasteiger partial charge in [-0.3, -0.25) is 28.5 Å². The Balaban J connectivity index is 1.43. The lowest BCUT2D eigenvalue weighted by molar-refractivity contribution is -0.139. The van der Waals surface area contributed by atoms with Crippen LogP contribution in [0.3, 0.4) is 0 Å². The van der Waals surface area contributed by atoms with Crippen molar-refractivity contribution in [2.24, 2.45) is 0 Å². The van der Waals surface area contributed by atoms with Crippen molar-refractivity contribution in [3.63, 3.8) is 0 Å². The number of rotatable bonds is 21. The van der Waals surface area contributed by atoms with E-state index in [4.69, 9.17) is 14.5 Å². The van der Waals surface area contributed by atoms with E-state index >= 15 is 0 Å². The Bertz CT molecular complexity index is 1780. The minimum atomic E-state index is -5.77. The highest BCUT2D eigenvalue weighted by atomic mass is 31.3. The zero-order valence-electron chi connectivity index (χ0n) is 26.8. The number of aliphatic hydroxyl groups is 1. The lowest BCUT2D eigenvalue weighted by atomic mass is 10.1. The van der Waals surface area contributed by atoms with Gasteiger partial charge in [-0.1, -0.05) is 43.2 Å². The first-order valence-electron chi connectivity index (χ1n) is 15.3. The number of phosphoric ester groups is 1. The largest absolute Gasteiger partial charge is 0.490 e. The summed E-state index contributed by atoms with van der Waals surface area (Å²) in [7, 11) is -16.9. The number of aromatic nitrogens is 2. The van der Waals surface area contributed by atoms with E-state index in [2.05, 4.69) is 23.8 Å². The number of aliphatic carboxylic acids is 1. The van der Waals surface area contributed by atoms with Crippen LogP contribution in [0.15, 0.2) is 52.2 Å². The number of carbonyl (C=O) groups excluding carboxylic acids is 1. The van der Waals surface area contributed by atoms with Crippen LogP contribution in [0.5, 0.6) is 0 Å². The highest BCUT2D eigenvalue weighted by Gasteiger charge is 2.43. The molecule has 2 heterocycles. The van der Waals surface area contributed by atoms with Gasteiger partial charge in [0.25, 0.3) is 5.56 Å². The number of carbonyl (C=O) groups is 2. The minimum Gasteiger partial charge on any atom is -0.480 e. The van der Waals surface area contributed by atoms with Gasteiger partial charge in [-0.2, -0.15) is 8.62 Å². The third-order valence-electron chi connectivity index (χ3n) is 7.12. The quantitative estimate of drug-likeness (QED) is 0.0473. The van der Waals surface area contributed by atoms with E-state index in [0.717, 1.165) is 47.7 Å². The van der Waals surface area contributed by atoms with Crippen LogP contribution in [0.2, 0.25) is 0 Å². The SMILES string of the molecule is O=C(/C=C/c1cn([C@H]2C[C@H](O)[C@@H](COP(=O)(O)OP(=O)(O)OP(=O)(O)O)O2)c(=O)[nH]c1=O)NCCCCCCN[C@@H](Cc1ccccc1)C(=O)O. The van der Waals surface area contributed by atoms with Gasteiger partial charge >= 0.3 is 35.1 Å². The average molecular weight is 785 g/mol. The fraction of sp³-hybridized carbons (Fsp3) is 0.481. The fourth-order valence-corrected chi connectivity index (χ4v) is 7.78. The molecule has 1 aromatic carbocycles. The second kappa shape index (κ2) is 19.1. The van der Waals surface area contributed by atoms with E-state index in [1.54, 1.807) is 0 Å². The van der Waals surface area contributed by atoms with Crippen LogP contribution in [0.1, 0.15) is 49.5 Å². The van der Waals surface area contributed by atoms with Crippen molar-refractivity contribution in [3.05, 3.63) is 74.6 Å². The third-order valence-corrected chi connectivity index (χ3v) is 10.9. The van der Waals surface area contributed by atoms with Crippen molar-refractivity contribution in [2.75, 3.05) is 19.7 Å². The Labute approximate surface area is 289 Å². The van der Waals surface area contributed by atoms with Crippen molar-refractivity contribution >= 4 is 41.4 Å². The predicted octanol–water partition coefficient (Wildman–Crippen LogP) is 0.504. The highest BCUT2D eigenvalue weighted by Crippen LogP contribution is 2.66. The Morgan fingerprint density at radius 2 is 1.67 bits per heavy atom. The van der Waals surface area contributed by atoms with Crippen molar-refractivity contribution < 1.29 is 71.0 Å². The molecule has 1 saturated heterocycles. The second-order valence-corrected chi connectivity index (χ2v) is 15.6. The molecule has 21 nitrogen and oxygen atoms in total. The molecular weight excluding hydrogens is 745 g/mol. The first kappa shape index (κ1) is 42.3. The summed E-state index contributed by atoms with van der Waals surface area (Å²) in [5.41, 5.74) is -1.02. The Kier molecular flexibility index (Phi) is 15.8. The van der Waals surface area contributed by atoms with Crippen molar-refractivity contribution in [3.8, 4) is 0 Å². The van der Waals surface area contributed by atoms with Gasteiger partial charge in [-0.05, 0) is 37.4 Å². The number of unbranched alkanes of at least 4 members (excludes halogenated alkanes) is 3. The van der Waals surface area contributed by atoms with Crippen LogP contribution >= 0.6 is 23.5 Å². The molecule has 51 heavy (non-hydrogen) atoms. The van der Waals surface area contributed by atoms with Gasteiger partial charge < -0.3 is 45.2 Å². The van der Waals surface area contributed by atoms with Gasteiger partial charge in [0.15, 0.2) is 0 Å². The standard InChI is InChI=1S/C27H39N4O17P3/c32-21-15-24(46-22(21)17-45-50(41,42)48-51(43,44)47-49(38,39)40)31-16-19(25(34)30-27(31)37)10-11-23(33)29-13-7-2-1-6-12-28-20(26(35)36)14-18-8-4-3-5-9-18/h3-5,8-11,16,20-22,24,28,32H,1-2,6-7,12-15,17H2,(H,29,33)(H,35,36)(H,41,42)(H,43,44)(H,30,34,37)(H2,38,39,40)/b11-10+/t20-,21-,22+,24+/m0/s1. The molecule has 0 saturated carbocycles. The molecule has 0 aliphatic carbocycles. The molecule has 1 amide bonds. The second-order valence-electron chi connectivity index (χ2n) is 11.1. The van der Waals surface area contributed by atoms with E-state index < -0.39 is 77.7 Å². The molecule has 3 rings (SSSR count). The number of aromatic amines is 1. The topological polar surface area (TPSA) is 323 Å². The number of carboxylic acid groups (broad SMARTS) is 1. The van der Waals surface area contributed by atoms with Crippen LogP contribution in [0.25, 0.3) is 6.08 Å². The summed E-state index contributed by atoms with van der Waals surface area (Å²) in [6.07, 6.45) is 2.14. The first-order valence-corrected chi connectivity index (χ1v) is 19.8. The van der Waals surface area contributed by atoms with Crippen LogP contribution in [-0.4, -0.2) is 89.2 Å². The van der Waals surface area contributed by atoms with Crippen LogP contribution < -0.4 is 21.9 Å². The zero-order valence-corrected chi connectivity index (χ0v) is 29.4. The van der Waals surface area contributed by atoms with Gasteiger partial charge in [0, 0.05) is 25.2 Å². The van der Waals surface area contributed by atoms with Gasteiger partial charge in [-0.25, -0.2) is 18.5 Å². The summed E-state index contributed by atoms with van der Waals surface area (Å²) in [4.78, 5) is 86.8. The summed E-state index contributed by atoms with van der Waals surface area (Å²) in [6.45, 7) is -0.125. The number of nitrogens with one attached hydrogen (secondary N) is 3. The summed E-state index contributed by atoms with van der Waals surface area (Å²) >= 11 is 0. The Morgan fingerprint density at radius 3 is 2.31 bits per heavy atom. The Hall–Kier alpha value is -3.13. The maximum Gasteiger partial charge on any atom is 0.490 e. The van der Waals surface area contributed by atoms with E-state index in [-0.39, 0.29) is 12.0 Å². The normalized spacial score (nSPS) is 20.8. The number of nitrogens with zero attached hydrogens (tertiary/aromatic N) is 1. The van der Waals surface area contributed by atoms with E-state index in [1.807, 2.05) is 35.3 Å². The fourth-order valence-electron chi connectivity index (χ4n) is 4.75. The average Bonchev–Trinajstić information content (AvgIpc) is 3.38. The lowest BCUT2D eigenvalue weighted by Crippen LogP contribution is -2.39. The monoisotopic (exact) mass is 784 g/mol. The highest BCUT2D eigenvalue weighted by molar-refractivity contribution is 7.66. The van der Waals surface area contributed by atoms with Crippen LogP contribution in [0, 0.1) is 0 Å². The molecule has 1 fully saturated rings. The summed E-state index contributed by atoms with van der Waals surface area (Å²) in [5, 5.41) is 25.5. The van der Waals surface area contributed by atoms with Crippen LogP contribution in [-0.2, 0) is 47.6 Å². The molecule has 1 aromatic heterocycles. The number of amides is 1. The molecule has 1 aliphatic rings. The molecule has 0 radical (unpaired) electrons. The molecule has 2 aromatic rings. The number of hydrogen-bond donors (Lipinski definition) is 9. The van der Waals surface area contributed by atoms with E-state index in [9.17, 15) is 52.9 Å². The number of ether oxygens (including phenoxy) is 1. The smallest absolute Gasteiger partial charge is 0.480 e. The van der Waals surface area contributed by atoms with E-state index in [1.165, 1.54) is 0 Å². The van der Waals surface area contributed by atoms with Crippen molar-refractivity contribution in [1.82, 2.24) is 20.2 Å².